The summed E-state index contributed by atoms with van der Waals surface area (Å²) in [6.45, 7) is 0.439. The molecule has 0 bridgehead atoms. The van der Waals surface area contributed by atoms with Gasteiger partial charge in [-0.1, -0.05) is 6.07 Å². The third kappa shape index (κ3) is 2.36. The van der Waals surface area contributed by atoms with Gasteiger partial charge in [0.15, 0.2) is 11.6 Å². The molecular weight excluding hydrogens is 230 g/mol. The van der Waals surface area contributed by atoms with Crippen LogP contribution < -0.4 is 5.32 Å². The van der Waals surface area contributed by atoms with Gasteiger partial charge in [0, 0.05) is 13.1 Å². The standard InChI is InChI=1S/C11H12F2N2O2/c12-8-2-1-7(5-9(8)13)10-6-15(3-4-16)11(17)14-10/h1-2,5,10,16H,3-4,6H2,(H,14,17). The highest BCUT2D eigenvalue weighted by molar-refractivity contribution is 5.77. The number of amides is 2. The first kappa shape index (κ1) is 11.8. The van der Waals surface area contributed by atoms with Gasteiger partial charge in [0.2, 0.25) is 0 Å². The molecule has 1 aromatic carbocycles. The maximum Gasteiger partial charge on any atom is 0.318 e. The highest BCUT2D eigenvalue weighted by atomic mass is 19.2. The summed E-state index contributed by atoms with van der Waals surface area (Å²) in [6.07, 6.45) is 0. The zero-order valence-electron chi connectivity index (χ0n) is 8.99. The number of hydrogen-bond donors (Lipinski definition) is 2. The van der Waals surface area contributed by atoms with E-state index in [1.54, 1.807) is 0 Å². The minimum atomic E-state index is -0.933. The average Bonchev–Trinajstić information content (AvgIpc) is 2.65. The lowest BCUT2D eigenvalue weighted by Crippen LogP contribution is -2.30. The molecule has 0 aliphatic carbocycles. The van der Waals surface area contributed by atoms with E-state index in [1.165, 1.54) is 11.0 Å². The summed E-state index contributed by atoms with van der Waals surface area (Å²) in [4.78, 5) is 12.9. The zero-order valence-corrected chi connectivity index (χ0v) is 8.99. The number of aliphatic hydroxyl groups excluding tert-OH is 1. The molecule has 1 atom stereocenters. The van der Waals surface area contributed by atoms with Crippen LogP contribution in [0.3, 0.4) is 0 Å². The minimum Gasteiger partial charge on any atom is -0.395 e. The fourth-order valence-electron chi connectivity index (χ4n) is 1.82. The molecule has 4 nitrogen and oxygen atoms in total. The largest absolute Gasteiger partial charge is 0.395 e. The molecule has 2 amide bonds. The van der Waals surface area contributed by atoms with E-state index in [0.29, 0.717) is 12.1 Å². The van der Waals surface area contributed by atoms with Gasteiger partial charge in [0.25, 0.3) is 0 Å². The number of carbonyl (C=O) groups is 1. The second-order valence-corrected chi connectivity index (χ2v) is 3.85. The summed E-state index contributed by atoms with van der Waals surface area (Å²) >= 11 is 0. The van der Waals surface area contributed by atoms with Gasteiger partial charge in [-0.2, -0.15) is 0 Å². The van der Waals surface area contributed by atoms with Crippen molar-refractivity contribution in [3.8, 4) is 0 Å². The van der Waals surface area contributed by atoms with Crippen molar-refractivity contribution in [2.45, 2.75) is 6.04 Å². The van der Waals surface area contributed by atoms with Crippen LogP contribution in [0.4, 0.5) is 13.6 Å². The molecule has 2 rings (SSSR count). The van der Waals surface area contributed by atoms with Crippen molar-refractivity contribution in [2.75, 3.05) is 19.7 Å². The average molecular weight is 242 g/mol. The van der Waals surface area contributed by atoms with Crippen LogP contribution in [-0.4, -0.2) is 35.7 Å². The number of benzene rings is 1. The van der Waals surface area contributed by atoms with Gasteiger partial charge < -0.3 is 15.3 Å². The van der Waals surface area contributed by atoms with E-state index in [4.69, 9.17) is 5.11 Å². The van der Waals surface area contributed by atoms with E-state index >= 15 is 0 Å². The number of aliphatic hydroxyl groups is 1. The molecule has 0 spiro atoms. The maximum atomic E-state index is 13.0. The Labute approximate surface area is 96.8 Å². The van der Waals surface area contributed by atoms with Crippen LogP contribution in [-0.2, 0) is 0 Å². The van der Waals surface area contributed by atoms with E-state index in [1.807, 2.05) is 0 Å². The quantitative estimate of drug-likeness (QED) is 0.831. The Balaban J connectivity index is 2.14. The van der Waals surface area contributed by atoms with Crippen molar-refractivity contribution in [1.29, 1.82) is 0 Å². The number of hydrogen-bond acceptors (Lipinski definition) is 2. The Hall–Kier alpha value is -1.69. The summed E-state index contributed by atoms with van der Waals surface area (Å²) in [7, 11) is 0. The van der Waals surface area contributed by atoms with E-state index < -0.39 is 11.6 Å². The van der Waals surface area contributed by atoms with Crippen molar-refractivity contribution >= 4 is 6.03 Å². The first-order valence-electron chi connectivity index (χ1n) is 5.23. The molecule has 6 heteroatoms. The number of rotatable bonds is 3. The highest BCUT2D eigenvalue weighted by Gasteiger charge is 2.29. The summed E-state index contributed by atoms with van der Waals surface area (Å²) in [5.74, 6) is -1.84. The first-order chi connectivity index (χ1) is 8.11. The fraction of sp³-hybridized carbons (Fsp3) is 0.364. The van der Waals surface area contributed by atoms with Gasteiger partial charge >= 0.3 is 6.03 Å². The Morgan fingerprint density at radius 3 is 2.82 bits per heavy atom. The smallest absolute Gasteiger partial charge is 0.318 e. The number of β-amino-alcohol motifs (C(OH)–C–C–N with tert-alkyl or cyclic N) is 1. The monoisotopic (exact) mass is 242 g/mol. The van der Waals surface area contributed by atoms with Crippen LogP contribution in [0, 0.1) is 11.6 Å². The van der Waals surface area contributed by atoms with Crippen LogP contribution in [0.2, 0.25) is 0 Å². The predicted octanol–water partition coefficient (Wildman–Crippen LogP) is 1.02. The Morgan fingerprint density at radius 2 is 2.18 bits per heavy atom. The molecule has 1 aliphatic rings. The SMILES string of the molecule is O=C1NC(c2ccc(F)c(F)c2)CN1CCO. The molecule has 0 radical (unpaired) electrons. The molecule has 1 aromatic rings. The van der Waals surface area contributed by atoms with Crippen molar-refractivity contribution in [3.05, 3.63) is 35.4 Å². The maximum absolute atomic E-state index is 13.0. The highest BCUT2D eigenvalue weighted by Crippen LogP contribution is 2.21. The molecule has 1 saturated heterocycles. The minimum absolute atomic E-state index is 0.127. The van der Waals surface area contributed by atoms with Gasteiger partial charge in [-0.15, -0.1) is 0 Å². The topological polar surface area (TPSA) is 52.6 Å². The zero-order chi connectivity index (χ0) is 12.4. The first-order valence-corrected chi connectivity index (χ1v) is 5.23. The number of halogens is 2. The second kappa shape index (κ2) is 4.67. The van der Waals surface area contributed by atoms with Crippen LogP contribution in [0.25, 0.3) is 0 Å². The number of nitrogens with zero attached hydrogens (tertiary/aromatic N) is 1. The van der Waals surface area contributed by atoms with Gasteiger partial charge in [-0.25, -0.2) is 13.6 Å². The van der Waals surface area contributed by atoms with Crippen molar-refractivity contribution in [1.82, 2.24) is 10.2 Å². The normalized spacial score (nSPS) is 19.6. The predicted molar refractivity (Wildman–Crippen MR) is 56.3 cm³/mol. The van der Waals surface area contributed by atoms with Gasteiger partial charge in [0.05, 0.1) is 12.6 Å². The molecular formula is C11H12F2N2O2. The summed E-state index contributed by atoms with van der Waals surface area (Å²) in [5.41, 5.74) is 0.512. The molecule has 2 N–H and O–H groups in total. The molecule has 1 fully saturated rings. The lowest BCUT2D eigenvalue weighted by molar-refractivity contribution is 0.196. The van der Waals surface area contributed by atoms with Crippen molar-refractivity contribution in [2.24, 2.45) is 0 Å². The van der Waals surface area contributed by atoms with E-state index in [2.05, 4.69) is 5.32 Å². The number of urea groups is 1. The Bertz CT molecular complexity index is 439. The van der Waals surface area contributed by atoms with E-state index in [-0.39, 0.29) is 25.2 Å². The van der Waals surface area contributed by atoms with E-state index in [0.717, 1.165) is 12.1 Å². The molecule has 17 heavy (non-hydrogen) atoms. The lowest BCUT2D eigenvalue weighted by atomic mass is 10.1. The van der Waals surface area contributed by atoms with E-state index in [9.17, 15) is 13.6 Å². The Morgan fingerprint density at radius 1 is 1.41 bits per heavy atom. The Kier molecular flexibility index (Phi) is 3.23. The molecule has 1 heterocycles. The third-order valence-electron chi connectivity index (χ3n) is 2.70. The summed E-state index contributed by atoms with van der Waals surface area (Å²) in [6, 6.07) is 2.86. The van der Waals surface area contributed by atoms with Gasteiger partial charge in [-0.3, -0.25) is 0 Å². The third-order valence-corrected chi connectivity index (χ3v) is 2.70. The number of nitrogens with one attached hydrogen (secondary N) is 1. The molecule has 1 aliphatic heterocycles. The summed E-state index contributed by atoms with van der Waals surface area (Å²) < 4.78 is 25.8. The van der Waals surface area contributed by atoms with Crippen molar-refractivity contribution < 1.29 is 18.7 Å². The van der Waals surface area contributed by atoms with Crippen molar-refractivity contribution in [3.63, 3.8) is 0 Å². The van der Waals surface area contributed by atoms with Gasteiger partial charge in [-0.05, 0) is 17.7 Å². The van der Waals surface area contributed by atoms with Gasteiger partial charge in [0.1, 0.15) is 0 Å². The summed E-state index contributed by atoms with van der Waals surface area (Å²) in [5, 5.41) is 11.4. The molecule has 92 valence electrons. The number of carbonyl (C=O) groups excluding carboxylic acids is 1. The van der Waals surface area contributed by atoms with Crippen LogP contribution in [0.1, 0.15) is 11.6 Å². The lowest BCUT2D eigenvalue weighted by Gasteiger charge is -2.12. The van der Waals surface area contributed by atoms with Crippen LogP contribution in [0.5, 0.6) is 0 Å². The fourth-order valence-corrected chi connectivity index (χ4v) is 1.82. The molecule has 0 aromatic heterocycles. The van der Waals surface area contributed by atoms with Crippen LogP contribution in [0.15, 0.2) is 18.2 Å². The molecule has 0 saturated carbocycles. The van der Waals surface area contributed by atoms with Crippen LogP contribution >= 0.6 is 0 Å². The molecule has 1 unspecified atom stereocenters. The second-order valence-electron chi connectivity index (χ2n) is 3.85.